The first kappa shape index (κ1) is 14.2. The van der Waals surface area contributed by atoms with Gasteiger partial charge in [-0.3, -0.25) is 0 Å². The average molecular weight is 285 g/mol. The van der Waals surface area contributed by atoms with Crippen molar-refractivity contribution in [3.05, 3.63) is 10.5 Å². The fourth-order valence-electron chi connectivity index (χ4n) is 2.37. The van der Waals surface area contributed by atoms with E-state index < -0.39 is 8.32 Å². The molecular weight excluding hydrogens is 260 g/mol. The fourth-order valence-corrected chi connectivity index (χ4v) is 4.73. The van der Waals surface area contributed by atoms with Crippen LogP contribution in [0.5, 0.6) is 0 Å². The molecule has 18 heavy (non-hydrogen) atoms. The highest BCUT2D eigenvalue weighted by molar-refractivity contribution is 7.09. The molecule has 0 unspecified atom stereocenters. The standard InChI is InChI=1S/C13H24N2OSSi/c1-12(2,3)18(5,6)16-13(4)7-10(8-13)11-15-14-9-17-11/h9-10H,7-8H2,1-6H3/t10-,13-. The molecule has 0 spiro atoms. The van der Waals surface area contributed by atoms with E-state index in [9.17, 15) is 0 Å². The second kappa shape index (κ2) is 4.39. The van der Waals surface area contributed by atoms with Gasteiger partial charge in [-0.05, 0) is 37.9 Å². The molecule has 1 fully saturated rings. The molecule has 1 heterocycles. The normalized spacial score (nSPS) is 29.1. The Kier molecular flexibility index (Phi) is 3.45. The molecule has 5 heteroatoms. The molecule has 0 aliphatic heterocycles. The number of hydrogen-bond acceptors (Lipinski definition) is 4. The van der Waals surface area contributed by atoms with Gasteiger partial charge in [-0.25, -0.2) is 0 Å². The van der Waals surface area contributed by atoms with Crippen LogP contribution in [0.15, 0.2) is 5.51 Å². The SMILES string of the molecule is CC(C)(C)[Si](C)(C)O[C@]1(C)C[C@@H](c2nncs2)C1. The van der Waals surface area contributed by atoms with Gasteiger partial charge in [-0.1, -0.05) is 20.8 Å². The van der Waals surface area contributed by atoms with E-state index in [2.05, 4.69) is 51.0 Å². The van der Waals surface area contributed by atoms with Crippen molar-refractivity contribution >= 4 is 19.7 Å². The molecule has 0 amide bonds. The lowest BCUT2D eigenvalue weighted by Crippen LogP contribution is -2.53. The largest absolute Gasteiger partial charge is 0.412 e. The van der Waals surface area contributed by atoms with Crippen LogP contribution in [-0.2, 0) is 4.43 Å². The topological polar surface area (TPSA) is 35.0 Å². The van der Waals surface area contributed by atoms with Gasteiger partial charge in [0.05, 0.1) is 5.60 Å². The molecule has 0 saturated heterocycles. The predicted octanol–water partition coefficient (Wildman–Crippen LogP) is 4.20. The maximum Gasteiger partial charge on any atom is 0.192 e. The van der Waals surface area contributed by atoms with Crippen LogP contribution in [0.25, 0.3) is 0 Å². The second-order valence-electron chi connectivity index (χ2n) is 7.19. The number of nitrogens with zero attached hydrogens (tertiary/aromatic N) is 2. The summed E-state index contributed by atoms with van der Waals surface area (Å²) >= 11 is 1.66. The molecular formula is C13H24N2OSSi. The third kappa shape index (κ3) is 2.68. The molecule has 0 radical (unpaired) electrons. The Morgan fingerprint density at radius 2 is 2.00 bits per heavy atom. The zero-order chi connectivity index (χ0) is 13.6. The van der Waals surface area contributed by atoms with Gasteiger partial charge in [-0.15, -0.1) is 21.5 Å². The molecule has 0 N–H and O–H groups in total. The Labute approximate surface area is 115 Å². The highest BCUT2D eigenvalue weighted by atomic mass is 32.1. The van der Waals surface area contributed by atoms with Gasteiger partial charge in [0, 0.05) is 5.92 Å². The van der Waals surface area contributed by atoms with Crippen LogP contribution < -0.4 is 0 Å². The Morgan fingerprint density at radius 1 is 1.39 bits per heavy atom. The van der Waals surface area contributed by atoms with E-state index in [1.54, 1.807) is 11.3 Å². The highest BCUT2D eigenvalue weighted by Crippen LogP contribution is 2.51. The summed E-state index contributed by atoms with van der Waals surface area (Å²) < 4.78 is 6.55. The van der Waals surface area contributed by atoms with E-state index in [0.717, 1.165) is 12.8 Å². The predicted molar refractivity (Wildman–Crippen MR) is 78.6 cm³/mol. The summed E-state index contributed by atoms with van der Waals surface area (Å²) in [5.41, 5.74) is 1.87. The molecule has 0 bridgehead atoms. The van der Waals surface area contributed by atoms with Crippen molar-refractivity contribution in [1.82, 2.24) is 10.2 Å². The summed E-state index contributed by atoms with van der Waals surface area (Å²) in [4.78, 5) is 0. The minimum atomic E-state index is -1.66. The van der Waals surface area contributed by atoms with Crippen molar-refractivity contribution < 1.29 is 4.43 Å². The summed E-state index contributed by atoms with van der Waals surface area (Å²) in [6.45, 7) is 13.8. The Hall–Kier alpha value is -0.263. The fraction of sp³-hybridized carbons (Fsp3) is 0.846. The molecule has 1 saturated carbocycles. The molecule has 1 aromatic rings. The molecule has 2 rings (SSSR count). The maximum absolute atomic E-state index is 6.55. The Balaban J connectivity index is 1.97. The number of hydrogen-bond donors (Lipinski definition) is 0. The third-order valence-corrected chi connectivity index (χ3v) is 9.86. The summed E-state index contributed by atoms with van der Waals surface area (Å²) in [6.07, 6.45) is 2.18. The second-order valence-corrected chi connectivity index (χ2v) is 12.8. The molecule has 1 aliphatic carbocycles. The van der Waals surface area contributed by atoms with Crippen molar-refractivity contribution in [2.45, 2.75) is 70.2 Å². The van der Waals surface area contributed by atoms with E-state index in [4.69, 9.17) is 4.43 Å². The van der Waals surface area contributed by atoms with Gasteiger partial charge >= 0.3 is 0 Å². The number of aromatic nitrogens is 2. The van der Waals surface area contributed by atoms with Crippen LogP contribution in [0.1, 0.15) is 51.5 Å². The van der Waals surface area contributed by atoms with E-state index in [-0.39, 0.29) is 10.6 Å². The summed E-state index contributed by atoms with van der Waals surface area (Å²) in [7, 11) is -1.66. The number of rotatable bonds is 3. The van der Waals surface area contributed by atoms with Gasteiger partial charge in [0.15, 0.2) is 8.32 Å². The minimum Gasteiger partial charge on any atom is -0.412 e. The van der Waals surface area contributed by atoms with E-state index in [0.29, 0.717) is 5.92 Å². The molecule has 0 aromatic carbocycles. The average Bonchev–Trinajstić information content (AvgIpc) is 2.63. The molecule has 0 atom stereocenters. The molecule has 1 aromatic heterocycles. The highest BCUT2D eigenvalue weighted by Gasteiger charge is 2.49. The molecule has 102 valence electrons. The third-order valence-electron chi connectivity index (χ3n) is 4.39. The van der Waals surface area contributed by atoms with Gasteiger partial charge in [0.1, 0.15) is 10.5 Å². The zero-order valence-electron chi connectivity index (χ0n) is 12.3. The van der Waals surface area contributed by atoms with E-state index in [1.165, 1.54) is 5.01 Å². The minimum absolute atomic E-state index is 0.0549. The maximum atomic E-state index is 6.55. The Morgan fingerprint density at radius 3 is 2.44 bits per heavy atom. The first-order valence-corrected chi connectivity index (χ1v) is 10.4. The lowest BCUT2D eigenvalue weighted by Gasteiger charge is -2.51. The van der Waals surface area contributed by atoms with Crippen molar-refractivity contribution in [3.63, 3.8) is 0 Å². The van der Waals surface area contributed by atoms with E-state index >= 15 is 0 Å². The van der Waals surface area contributed by atoms with Gasteiger partial charge < -0.3 is 4.43 Å². The van der Waals surface area contributed by atoms with E-state index in [1.807, 2.05) is 5.51 Å². The quantitative estimate of drug-likeness (QED) is 0.780. The van der Waals surface area contributed by atoms with Crippen LogP contribution in [0, 0.1) is 0 Å². The summed E-state index contributed by atoms with van der Waals surface area (Å²) in [5, 5.41) is 9.55. The van der Waals surface area contributed by atoms with Crippen LogP contribution in [0.2, 0.25) is 18.1 Å². The zero-order valence-corrected chi connectivity index (χ0v) is 14.1. The van der Waals surface area contributed by atoms with Crippen molar-refractivity contribution in [1.29, 1.82) is 0 Å². The van der Waals surface area contributed by atoms with Crippen LogP contribution in [-0.4, -0.2) is 24.1 Å². The first-order chi connectivity index (χ1) is 8.13. The van der Waals surface area contributed by atoms with Crippen molar-refractivity contribution in [3.8, 4) is 0 Å². The van der Waals surface area contributed by atoms with Crippen molar-refractivity contribution in [2.24, 2.45) is 0 Å². The lowest BCUT2D eigenvalue weighted by molar-refractivity contribution is -0.0189. The van der Waals surface area contributed by atoms with Gasteiger partial charge in [0.25, 0.3) is 0 Å². The smallest absolute Gasteiger partial charge is 0.192 e. The Bertz CT molecular complexity index is 405. The van der Waals surface area contributed by atoms with Crippen molar-refractivity contribution in [2.75, 3.05) is 0 Å². The molecule has 3 nitrogen and oxygen atoms in total. The van der Waals surface area contributed by atoms with Crippen LogP contribution in [0.4, 0.5) is 0 Å². The van der Waals surface area contributed by atoms with Gasteiger partial charge in [-0.2, -0.15) is 0 Å². The lowest BCUT2D eigenvalue weighted by atomic mass is 9.72. The first-order valence-electron chi connectivity index (χ1n) is 6.59. The summed E-state index contributed by atoms with van der Waals surface area (Å²) in [5.74, 6) is 0.562. The van der Waals surface area contributed by atoms with Gasteiger partial charge in [0.2, 0.25) is 0 Å². The van der Waals surface area contributed by atoms with Crippen LogP contribution in [0.3, 0.4) is 0 Å². The monoisotopic (exact) mass is 284 g/mol. The summed E-state index contributed by atoms with van der Waals surface area (Å²) in [6, 6.07) is 0. The van der Waals surface area contributed by atoms with Crippen LogP contribution >= 0.6 is 11.3 Å². The molecule has 1 aliphatic rings.